The lowest BCUT2D eigenvalue weighted by Gasteiger charge is -2.13. The zero-order chi connectivity index (χ0) is 18.4. The van der Waals surface area contributed by atoms with Crippen molar-refractivity contribution in [2.75, 3.05) is 24.3 Å². The number of nitrogens with one attached hydrogen (secondary N) is 2. The number of urea groups is 1. The Balaban J connectivity index is 1.89. The molecule has 0 spiro atoms. The van der Waals surface area contributed by atoms with E-state index in [4.69, 9.17) is 4.74 Å². The van der Waals surface area contributed by atoms with Crippen LogP contribution < -0.4 is 20.3 Å². The van der Waals surface area contributed by atoms with Gasteiger partial charge in [-0.2, -0.15) is 0 Å². The van der Waals surface area contributed by atoms with Crippen molar-refractivity contribution >= 4 is 17.4 Å². The zero-order valence-electron chi connectivity index (χ0n) is 15.0. The Kier molecular flexibility index (Phi) is 6.22. The molecule has 2 N–H and O–H groups in total. The maximum Gasteiger partial charge on any atom is 0.319 e. The van der Waals surface area contributed by atoms with Gasteiger partial charge in [-0.15, -0.1) is 0 Å². The molecule has 0 radical (unpaired) electrons. The molecule has 0 aliphatic rings. The van der Waals surface area contributed by atoms with Crippen molar-refractivity contribution in [2.24, 2.45) is 0 Å². The Morgan fingerprint density at radius 2 is 1.84 bits per heavy atom. The first kappa shape index (κ1) is 18.6. The molecule has 2 rings (SSSR count). The summed E-state index contributed by atoms with van der Waals surface area (Å²) in [7, 11) is 3.93. The van der Waals surface area contributed by atoms with Gasteiger partial charge in [0.05, 0.1) is 11.8 Å². The topological polar surface area (TPSA) is 53.6 Å². The summed E-state index contributed by atoms with van der Waals surface area (Å²) in [5, 5.41) is 5.21. The predicted octanol–water partition coefficient (Wildman–Crippen LogP) is 4.00. The first-order valence-corrected chi connectivity index (χ1v) is 8.12. The molecule has 25 heavy (non-hydrogen) atoms. The molecule has 0 fully saturated rings. The zero-order valence-corrected chi connectivity index (χ0v) is 15.0. The SMILES string of the molecule is CC(C)Oc1ccc(NC(=O)NCc2ccc(N(C)C)cc2)c(F)c1. The number of halogens is 1. The van der Waals surface area contributed by atoms with Crippen LogP contribution in [-0.4, -0.2) is 26.2 Å². The van der Waals surface area contributed by atoms with Gasteiger partial charge in [0, 0.05) is 32.4 Å². The summed E-state index contributed by atoms with van der Waals surface area (Å²) in [6.07, 6.45) is -0.0413. The predicted molar refractivity (Wildman–Crippen MR) is 98.8 cm³/mol. The summed E-state index contributed by atoms with van der Waals surface area (Å²) in [6, 6.07) is 11.7. The van der Waals surface area contributed by atoms with Gasteiger partial charge in [0.15, 0.2) is 0 Å². The van der Waals surface area contributed by atoms with E-state index in [0.29, 0.717) is 12.3 Å². The second-order valence-electron chi connectivity index (χ2n) is 6.18. The molecule has 0 saturated heterocycles. The Morgan fingerprint density at radius 3 is 2.40 bits per heavy atom. The minimum absolute atomic E-state index is 0.0413. The van der Waals surface area contributed by atoms with Crippen LogP contribution >= 0.6 is 0 Å². The van der Waals surface area contributed by atoms with Crippen LogP contribution in [0.25, 0.3) is 0 Å². The fourth-order valence-electron chi connectivity index (χ4n) is 2.20. The smallest absolute Gasteiger partial charge is 0.319 e. The summed E-state index contributed by atoms with van der Waals surface area (Å²) in [5.41, 5.74) is 2.15. The van der Waals surface area contributed by atoms with Gasteiger partial charge in [-0.1, -0.05) is 12.1 Å². The van der Waals surface area contributed by atoms with Crippen molar-refractivity contribution in [1.82, 2.24) is 5.32 Å². The number of rotatable bonds is 6. The van der Waals surface area contributed by atoms with E-state index in [0.717, 1.165) is 11.3 Å². The van der Waals surface area contributed by atoms with Crippen LogP contribution in [0.4, 0.5) is 20.6 Å². The quantitative estimate of drug-likeness (QED) is 0.832. The molecular weight excluding hydrogens is 321 g/mol. The van der Waals surface area contributed by atoms with Crippen LogP contribution in [0.5, 0.6) is 5.75 Å². The van der Waals surface area contributed by atoms with Crippen molar-refractivity contribution in [3.8, 4) is 5.75 Å². The first-order valence-electron chi connectivity index (χ1n) is 8.12. The van der Waals surface area contributed by atoms with E-state index >= 15 is 0 Å². The number of nitrogens with zero attached hydrogens (tertiary/aromatic N) is 1. The van der Waals surface area contributed by atoms with Crippen molar-refractivity contribution in [1.29, 1.82) is 0 Å². The molecule has 6 heteroatoms. The van der Waals surface area contributed by atoms with Gasteiger partial charge in [-0.05, 0) is 43.7 Å². The highest BCUT2D eigenvalue weighted by atomic mass is 19.1. The maximum absolute atomic E-state index is 14.0. The van der Waals surface area contributed by atoms with Crippen molar-refractivity contribution in [3.63, 3.8) is 0 Å². The van der Waals surface area contributed by atoms with Crippen molar-refractivity contribution in [2.45, 2.75) is 26.5 Å². The fraction of sp³-hybridized carbons (Fsp3) is 0.316. The number of hydrogen-bond acceptors (Lipinski definition) is 3. The molecule has 0 heterocycles. The third kappa shape index (κ3) is 5.67. The molecule has 134 valence electrons. The molecule has 0 aliphatic heterocycles. The summed E-state index contributed by atoms with van der Waals surface area (Å²) in [4.78, 5) is 13.9. The molecule has 0 bridgehead atoms. The average Bonchev–Trinajstić information content (AvgIpc) is 2.55. The first-order chi connectivity index (χ1) is 11.8. The van der Waals surface area contributed by atoms with Crippen LogP contribution in [0.3, 0.4) is 0 Å². The van der Waals surface area contributed by atoms with Gasteiger partial charge in [0.1, 0.15) is 11.6 Å². The largest absolute Gasteiger partial charge is 0.491 e. The highest BCUT2D eigenvalue weighted by Crippen LogP contribution is 2.21. The van der Waals surface area contributed by atoms with Crippen LogP contribution in [-0.2, 0) is 6.54 Å². The van der Waals surface area contributed by atoms with Crippen LogP contribution in [0.1, 0.15) is 19.4 Å². The number of amides is 2. The third-order valence-electron chi connectivity index (χ3n) is 3.47. The van der Waals surface area contributed by atoms with E-state index in [2.05, 4.69) is 10.6 Å². The number of benzene rings is 2. The summed E-state index contributed by atoms with van der Waals surface area (Å²) in [5.74, 6) is -0.108. The summed E-state index contributed by atoms with van der Waals surface area (Å²) < 4.78 is 19.4. The van der Waals surface area contributed by atoms with Gasteiger partial charge in [0.2, 0.25) is 0 Å². The number of ether oxygens (including phenoxy) is 1. The normalized spacial score (nSPS) is 10.5. The molecule has 0 saturated carbocycles. The minimum Gasteiger partial charge on any atom is -0.491 e. The number of hydrogen-bond donors (Lipinski definition) is 2. The molecule has 0 unspecified atom stereocenters. The van der Waals surface area contributed by atoms with Crippen LogP contribution in [0, 0.1) is 5.82 Å². The molecule has 2 amide bonds. The summed E-state index contributed by atoms with van der Waals surface area (Å²) in [6.45, 7) is 4.08. The van der Waals surface area contributed by atoms with Gasteiger partial charge < -0.3 is 20.3 Å². The molecule has 0 atom stereocenters. The fourth-order valence-corrected chi connectivity index (χ4v) is 2.20. The van der Waals surface area contributed by atoms with E-state index < -0.39 is 11.8 Å². The van der Waals surface area contributed by atoms with E-state index in [1.165, 1.54) is 12.1 Å². The Hall–Kier alpha value is -2.76. The van der Waals surface area contributed by atoms with Gasteiger partial charge in [-0.3, -0.25) is 0 Å². The van der Waals surface area contributed by atoms with E-state index in [1.54, 1.807) is 6.07 Å². The Bertz CT molecular complexity index is 715. The molecule has 5 nitrogen and oxygen atoms in total. The van der Waals surface area contributed by atoms with E-state index in [9.17, 15) is 9.18 Å². The third-order valence-corrected chi connectivity index (χ3v) is 3.47. The number of anilines is 2. The second-order valence-corrected chi connectivity index (χ2v) is 6.18. The summed E-state index contributed by atoms with van der Waals surface area (Å²) >= 11 is 0. The maximum atomic E-state index is 14.0. The molecule has 0 aliphatic carbocycles. The highest BCUT2D eigenvalue weighted by molar-refractivity contribution is 5.89. The standard InChI is InChI=1S/C19H24FN3O2/c1-13(2)25-16-9-10-18(17(20)11-16)22-19(24)21-12-14-5-7-15(8-6-14)23(3)4/h5-11,13H,12H2,1-4H3,(H2,21,22,24). The van der Waals surface area contributed by atoms with Crippen molar-refractivity contribution in [3.05, 3.63) is 53.8 Å². The van der Waals surface area contributed by atoms with Gasteiger partial charge in [0.25, 0.3) is 0 Å². The highest BCUT2D eigenvalue weighted by Gasteiger charge is 2.09. The van der Waals surface area contributed by atoms with E-state index in [-0.39, 0.29) is 11.8 Å². The number of carbonyl (C=O) groups excluding carboxylic acids is 1. The number of carbonyl (C=O) groups is 1. The van der Waals surface area contributed by atoms with Crippen LogP contribution in [0.2, 0.25) is 0 Å². The minimum atomic E-state index is -0.538. The lowest BCUT2D eigenvalue weighted by atomic mass is 10.2. The van der Waals surface area contributed by atoms with Gasteiger partial charge >= 0.3 is 6.03 Å². The molecule has 2 aromatic carbocycles. The lowest BCUT2D eigenvalue weighted by molar-refractivity contribution is 0.241. The Labute approximate surface area is 147 Å². The lowest BCUT2D eigenvalue weighted by Crippen LogP contribution is -2.28. The molecule has 0 aromatic heterocycles. The average molecular weight is 345 g/mol. The Morgan fingerprint density at radius 1 is 1.16 bits per heavy atom. The monoisotopic (exact) mass is 345 g/mol. The molecular formula is C19H24FN3O2. The van der Waals surface area contributed by atoms with Gasteiger partial charge in [-0.25, -0.2) is 9.18 Å². The second kappa shape index (κ2) is 8.37. The van der Waals surface area contributed by atoms with E-state index in [1.807, 2.05) is 57.1 Å². The van der Waals surface area contributed by atoms with Crippen LogP contribution in [0.15, 0.2) is 42.5 Å². The molecule has 2 aromatic rings. The van der Waals surface area contributed by atoms with Crippen molar-refractivity contribution < 1.29 is 13.9 Å².